The summed E-state index contributed by atoms with van der Waals surface area (Å²) >= 11 is 3.48. The van der Waals surface area contributed by atoms with Gasteiger partial charge >= 0.3 is 0 Å². The Morgan fingerprint density at radius 3 is 1.44 bits per heavy atom. The van der Waals surface area contributed by atoms with Crippen molar-refractivity contribution < 1.29 is 16.8 Å². The lowest BCUT2D eigenvalue weighted by atomic mass is 9.85. The van der Waals surface area contributed by atoms with Crippen molar-refractivity contribution in [2.24, 2.45) is 0 Å². The predicted molar refractivity (Wildman–Crippen MR) is 112 cm³/mol. The molecule has 2 aromatic carbocycles. The van der Waals surface area contributed by atoms with Gasteiger partial charge in [-0.05, 0) is 33.2 Å². The van der Waals surface area contributed by atoms with Gasteiger partial charge in [-0.2, -0.15) is 0 Å². The maximum absolute atomic E-state index is 12.8. The molecule has 0 spiro atoms. The molecule has 0 fully saturated rings. The Bertz CT molecular complexity index is 1000. The van der Waals surface area contributed by atoms with Crippen LogP contribution in [0.2, 0.25) is 0 Å². The zero-order valence-corrected chi connectivity index (χ0v) is 18.8. The average molecular weight is 471 g/mol. The van der Waals surface area contributed by atoms with Crippen LogP contribution in [0, 0.1) is 0 Å². The molecule has 0 aliphatic carbocycles. The van der Waals surface area contributed by atoms with Crippen molar-refractivity contribution in [3.8, 4) is 0 Å². The number of hydrogen-bond acceptors (Lipinski definition) is 4. The minimum atomic E-state index is -3.40. The highest BCUT2D eigenvalue weighted by Gasteiger charge is 2.25. The third-order valence-electron chi connectivity index (χ3n) is 4.64. The normalized spacial score (nSPS) is 19.0. The topological polar surface area (TPSA) is 68.3 Å². The van der Waals surface area contributed by atoms with Crippen molar-refractivity contribution in [1.82, 2.24) is 0 Å². The van der Waals surface area contributed by atoms with E-state index in [-0.39, 0.29) is 28.4 Å². The Morgan fingerprint density at radius 2 is 1.11 bits per heavy atom. The summed E-state index contributed by atoms with van der Waals surface area (Å²) in [4.78, 5) is 0. The van der Waals surface area contributed by atoms with Gasteiger partial charge in [0.1, 0.15) is 0 Å². The molecule has 4 nitrogen and oxygen atoms in total. The van der Waals surface area contributed by atoms with E-state index in [2.05, 4.69) is 15.9 Å². The fraction of sp³-hybridized carbons (Fsp3) is 0.400. The minimum Gasteiger partial charge on any atom is -0.228 e. The van der Waals surface area contributed by atoms with E-state index >= 15 is 0 Å². The molecule has 146 valence electrons. The number of fused-ring (bicyclic) bond motifs is 6. The molecular formula is C20H23BrO4S2. The van der Waals surface area contributed by atoms with Crippen LogP contribution in [-0.4, -0.2) is 16.8 Å². The van der Waals surface area contributed by atoms with Crippen LogP contribution in [0.4, 0.5) is 0 Å². The Hall–Kier alpha value is -1.18. The van der Waals surface area contributed by atoms with Crippen LogP contribution in [0.5, 0.6) is 0 Å². The second-order valence-corrected chi connectivity index (χ2v) is 13.2. The van der Waals surface area contributed by atoms with Crippen LogP contribution in [0.3, 0.4) is 0 Å². The van der Waals surface area contributed by atoms with Crippen LogP contribution in [0.25, 0.3) is 0 Å². The van der Waals surface area contributed by atoms with Crippen molar-refractivity contribution >= 4 is 35.6 Å². The van der Waals surface area contributed by atoms with Crippen LogP contribution in [0.15, 0.2) is 40.9 Å². The molecule has 0 aromatic heterocycles. The van der Waals surface area contributed by atoms with Crippen molar-refractivity contribution in [2.75, 3.05) is 0 Å². The largest absolute Gasteiger partial charge is 0.228 e. The molecule has 2 aromatic rings. The lowest BCUT2D eigenvalue weighted by Crippen LogP contribution is -2.16. The van der Waals surface area contributed by atoms with Gasteiger partial charge in [0.15, 0.2) is 19.7 Å². The first kappa shape index (κ1) is 20.6. The summed E-state index contributed by atoms with van der Waals surface area (Å²) in [5.74, 6) is -0.401. The summed E-state index contributed by atoms with van der Waals surface area (Å²) in [5.41, 5.74) is 3.26. The van der Waals surface area contributed by atoms with Gasteiger partial charge < -0.3 is 0 Å². The van der Waals surface area contributed by atoms with E-state index in [1.54, 1.807) is 24.3 Å². The first-order chi connectivity index (χ1) is 12.3. The fourth-order valence-corrected chi connectivity index (χ4v) is 7.10. The van der Waals surface area contributed by atoms with Gasteiger partial charge in [0.2, 0.25) is 0 Å². The summed E-state index contributed by atoms with van der Waals surface area (Å²) in [6, 6.07) is 10.5. The molecule has 4 bridgehead atoms. The average Bonchev–Trinajstić information content (AvgIpc) is 2.50. The van der Waals surface area contributed by atoms with Crippen molar-refractivity contribution in [3.05, 3.63) is 68.7 Å². The first-order valence-corrected chi connectivity index (χ1v) is 13.1. The smallest absolute Gasteiger partial charge is 0.158 e. The SMILES string of the molecule is CC(C)(C)c1cc2c(Br)c(c1)CS(=O)(=O)Cc1ccc(cc1)CS(=O)(=O)C2. The zero-order chi connectivity index (χ0) is 20.0. The van der Waals surface area contributed by atoms with E-state index in [4.69, 9.17) is 0 Å². The lowest BCUT2D eigenvalue weighted by molar-refractivity contribution is 0.584. The van der Waals surface area contributed by atoms with Crippen molar-refractivity contribution in [3.63, 3.8) is 0 Å². The molecule has 4 rings (SSSR count). The Kier molecular flexibility index (Phi) is 5.34. The highest BCUT2D eigenvalue weighted by Crippen LogP contribution is 2.33. The standard InChI is InChI=1S/C20H23BrO4S2/c1-20(2,3)18-8-16-12-26(22,23)10-14-4-5-15(7-6-14)11-27(24,25)13-17(9-18)19(16)21/h4-9H,10-13H2,1-3H3. The van der Waals surface area contributed by atoms with Crippen LogP contribution < -0.4 is 0 Å². The molecular weight excluding hydrogens is 448 g/mol. The fourth-order valence-electron chi connectivity index (χ4n) is 3.21. The molecule has 0 unspecified atom stereocenters. The molecule has 0 saturated heterocycles. The monoisotopic (exact) mass is 470 g/mol. The third kappa shape index (κ3) is 5.00. The molecule has 0 radical (unpaired) electrons. The number of rotatable bonds is 0. The van der Waals surface area contributed by atoms with Gasteiger partial charge in [0.25, 0.3) is 0 Å². The Morgan fingerprint density at radius 1 is 0.741 bits per heavy atom. The summed E-state index contributed by atoms with van der Waals surface area (Å²) in [7, 11) is -6.80. The number of hydrogen-bond donors (Lipinski definition) is 0. The molecule has 2 aliphatic heterocycles. The van der Waals surface area contributed by atoms with Gasteiger partial charge in [-0.1, -0.05) is 73.1 Å². The van der Waals surface area contributed by atoms with E-state index in [1.807, 2.05) is 32.9 Å². The summed E-state index contributed by atoms with van der Waals surface area (Å²) in [6.07, 6.45) is 0. The van der Waals surface area contributed by atoms with Gasteiger partial charge in [-0.3, -0.25) is 0 Å². The van der Waals surface area contributed by atoms with E-state index in [0.717, 1.165) is 5.56 Å². The minimum absolute atomic E-state index is 0.0679. The van der Waals surface area contributed by atoms with E-state index in [1.165, 1.54) is 0 Å². The second-order valence-electron chi connectivity index (χ2n) is 8.24. The number of sulfone groups is 2. The number of benzene rings is 2. The predicted octanol–water partition coefficient (Wildman–Crippen LogP) is 4.29. The Balaban J connectivity index is 2.23. The van der Waals surface area contributed by atoms with Crippen molar-refractivity contribution in [1.29, 1.82) is 0 Å². The van der Waals surface area contributed by atoms with Gasteiger partial charge in [0, 0.05) is 4.47 Å². The quantitative estimate of drug-likeness (QED) is 0.575. The second kappa shape index (κ2) is 7.01. The Labute approximate surface area is 170 Å². The van der Waals surface area contributed by atoms with Crippen LogP contribution >= 0.6 is 15.9 Å². The number of halogens is 1. The molecule has 0 atom stereocenters. The van der Waals surface area contributed by atoms with E-state index in [9.17, 15) is 16.8 Å². The summed E-state index contributed by atoms with van der Waals surface area (Å²) < 4.78 is 51.7. The first-order valence-electron chi connectivity index (χ1n) is 8.65. The molecule has 2 aliphatic rings. The molecule has 7 heteroatoms. The van der Waals surface area contributed by atoms with Crippen LogP contribution in [0.1, 0.15) is 48.6 Å². The maximum Gasteiger partial charge on any atom is 0.158 e. The molecule has 0 saturated carbocycles. The molecule has 27 heavy (non-hydrogen) atoms. The molecule has 0 N–H and O–H groups in total. The lowest BCUT2D eigenvalue weighted by Gasteiger charge is -2.23. The van der Waals surface area contributed by atoms with Gasteiger partial charge in [-0.15, -0.1) is 0 Å². The highest BCUT2D eigenvalue weighted by molar-refractivity contribution is 9.10. The van der Waals surface area contributed by atoms with Gasteiger partial charge in [0.05, 0.1) is 23.0 Å². The zero-order valence-electron chi connectivity index (χ0n) is 15.6. The van der Waals surface area contributed by atoms with Gasteiger partial charge in [-0.25, -0.2) is 16.8 Å². The molecule has 0 amide bonds. The van der Waals surface area contributed by atoms with Crippen LogP contribution in [-0.2, 0) is 48.1 Å². The van der Waals surface area contributed by atoms with Crippen molar-refractivity contribution in [2.45, 2.75) is 49.2 Å². The summed E-state index contributed by atoms with van der Waals surface area (Å²) in [5, 5.41) is 0. The molecule has 2 heterocycles. The summed E-state index contributed by atoms with van der Waals surface area (Å²) in [6.45, 7) is 6.09. The highest BCUT2D eigenvalue weighted by atomic mass is 79.9. The third-order valence-corrected chi connectivity index (χ3v) is 8.70. The van der Waals surface area contributed by atoms with E-state index in [0.29, 0.717) is 26.7 Å². The maximum atomic E-state index is 12.8. The van der Waals surface area contributed by atoms with E-state index < -0.39 is 19.7 Å².